The average molecular weight is 152 g/mol. The molecule has 1 N–H and O–H groups in total. The van der Waals surface area contributed by atoms with Crippen LogP contribution in [0.5, 0.6) is 0 Å². The van der Waals surface area contributed by atoms with Crippen LogP contribution in [0.15, 0.2) is 34.6 Å². The van der Waals surface area contributed by atoms with Crippen molar-refractivity contribution in [1.29, 1.82) is 0 Å². The molecular formula is C6H8N4O. The molecule has 2 aliphatic heterocycles. The monoisotopic (exact) mass is 152 g/mol. The third kappa shape index (κ3) is 0.849. The molecule has 1 atom stereocenters. The number of nitrogens with zero attached hydrogens (tertiary/aromatic N) is 4. The molecule has 0 amide bonds. The first-order valence-electron chi connectivity index (χ1n) is 3.29. The van der Waals surface area contributed by atoms with Gasteiger partial charge in [0.1, 0.15) is 5.76 Å². The lowest BCUT2D eigenvalue weighted by atomic mass is 10.3. The molecule has 2 aliphatic rings. The van der Waals surface area contributed by atoms with Gasteiger partial charge in [0, 0.05) is 19.3 Å². The van der Waals surface area contributed by atoms with Gasteiger partial charge in [-0.3, -0.25) is 5.01 Å². The lowest BCUT2D eigenvalue weighted by molar-refractivity contribution is 0.211. The van der Waals surface area contributed by atoms with Crippen molar-refractivity contribution in [2.45, 2.75) is 6.17 Å². The molecule has 2 rings (SSSR count). The van der Waals surface area contributed by atoms with Crippen LogP contribution in [-0.2, 0) is 0 Å². The van der Waals surface area contributed by atoms with Crippen LogP contribution in [-0.4, -0.2) is 28.3 Å². The van der Waals surface area contributed by atoms with Crippen molar-refractivity contribution in [3.8, 4) is 0 Å². The van der Waals surface area contributed by atoms with Crippen molar-refractivity contribution in [2.24, 2.45) is 10.4 Å². The van der Waals surface area contributed by atoms with E-state index in [9.17, 15) is 0 Å². The summed E-state index contributed by atoms with van der Waals surface area (Å²) in [5.41, 5.74) is 0. The lowest BCUT2D eigenvalue weighted by Gasteiger charge is -2.22. The van der Waals surface area contributed by atoms with Gasteiger partial charge in [0.05, 0.1) is 0 Å². The molecule has 11 heavy (non-hydrogen) atoms. The number of hydrogen-bond acceptors (Lipinski definition) is 5. The second kappa shape index (κ2) is 1.98. The largest absolute Gasteiger partial charge is 0.508 e. The predicted molar refractivity (Wildman–Crippen MR) is 38.1 cm³/mol. The van der Waals surface area contributed by atoms with Gasteiger partial charge in [-0.25, -0.2) is 5.01 Å². The van der Waals surface area contributed by atoms with Crippen LogP contribution in [0, 0.1) is 0 Å². The first kappa shape index (κ1) is 6.21. The molecule has 0 bridgehead atoms. The first-order chi connectivity index (χ1) is 5.27. The molecule has 0 aromatic rings. The molecule has 0 spiro atoms. The van der Waals surface area contributed by atoms with E-state index < -0.39 is 0 Å². The summed E-state index contributed by atoms with van der Waals surface area (Å²) in [6, 6.07) is 0. The Bertz CT molecular complexity index is 257. The van der Waals surface area contributed by atoms with Gasteiger partial charge in [-0.2, -0.15) is 0 Å². The molecule has 2 heterocycles. The van der Waals surface area contributed by atoms with Crippen molar-refractivity contribution in [1.82, 2.24) is 10.0 Å². The molecule has 0 aromatic carbocycles. The second-order valence-corrected chi connectivity index (χ2v) is 2.45. The zero-order valence-electron chi connectivity index (χ0n) is 6.05. The lowest BCUT2D eigenvalue weighted by Crippen LogP contribution is -2.33. The van der Waals surface area contributed by atoms with E-state index in [-0.39, 0.29) is 11.9 Å². The fourth-order valence-electron chi connectivity index (χ4n) is 1.05. The summed E-state index contributed by atoms with van der Waals surface area (Å²) in [6.45, 7) is 0. The highest BCUT2D eigenvalue weighted by Crippen LogP contribution is 2.20. The summed E-state index contributed by atoms with van der Waals surface area (Å²) in [5, 5.41) is 20.1. The Balaban J connectivity index is 2.27. The highest BCUT2D eigenvalue weighted by Gasteiger charge is 2.25. The maximum Gasteiger partial charge on any atom is 0.164 e. The number of fused-ring (bicyclic) bond motifs is 1. The van der Waals surface area contributed by atoms with Gasteiger partial charge in [0.25, 0.3) is 0 Å². The van der Waals surface area contributed by atoms with Gasteiger partial charge in [0.2, 0.25) is 0 Å². The van der Waals surface area contributed by atoms with Crippen molar-refractivity contribution < 1.29 is 5.11 Å². The summed E-state index contributed by atoms with van der Waals surface area (Å²) < 4.78 is 0. The zero-order valence-corrected chi connectivity index (χ0v) is 6.05. The molecule has 0 saturated heterocycles. The maximum atomic E-state index is 9.11. The van der Waals surface area contributed by atoms with E-state index in [0.29, 0.717) is 0 Å². The van der Waals surface area contributed by atoms with Gasteiger partial charge in [0.15, 0.2) is 6.17 Å². The molecular weight excluding hydrogens is 144 g/mol. The quantitative estimate of drug-likeness (QED) is 0.558. The maximum absolute atomic E-state index is 9.11. The molecule has 5 heteroatoms. The normalized spacial score (nSPS) is 27.4. The Kier molecular flexibility index (Phi) is 1.12. The predicted octanol–water partition coefficient (Wildman–Crippen LogP) is 0.811. The van der Waals surface area contributed by atoms with Crippen molar-refractivity contribution >= 4 is 0 Å². The number of aliphatic hydroxyl groups excluding tert-OH is 1. The van der Waals surface area contributed by atoms with Crippen molar-refractivity contribution in [3.05, 3.63) is 24.1 Å². The van der Waals surface area contributed by atoms with Crippen LogP contribution in [0.2, 0.25) is 0 Å². The Morgan fingerprint density at radius 2 is 2.36 bits per heavy atom. The smallest absolute Gasteiger partial charge is 0.164 e. The number of aliphatic hydroxyl groups is 1. The minimum Gasteiger partial charge on any atom is -0.508 e. The van der Waals surface area contributed by atoms with Gasteiger partial charge >= 0.3 is 0 Å². The highest BCUT2D eigenvalue weighted by molar-refractivity contribution is 5.18. The third-order valence-electron chi connectivity index (χ3n) is 1.66. The molecule has 0 radical (unpaired) electrons. The summed E-state index contributed by atoms with van der Waals surface area (Å²) in [6.07, 6.45) is 4.89. The van der Waals surface area contributed by atoms with E-state index in [1.807, 2.05) is 0 Å². The van der Waals surface area contributed by atoms with Crippen LogP contribution in [0.1, 0.15) is 0 Å². The van der Waals surface area contributed by atoms with E-state index in [1.54, 1.807) is 35.4 Å². The van der Waals surface area contributed by atoms with Crippen molar-refractivity contribution in [3.63, 3.8) is 0 Å². The molecule has 0 aliphatic carbocycles. The standard InChI is InChI=1S/C6H8N4O/c1-9-6-4-5(11)2-3-10(6)8-7-9/h2-4,6,11H,1H3. The van der Waals surface area contributed by atoms with E-state index in [2.05, 4.69) is 10.4 Å². The summed E-state index contributed by atoms with van der Waals surface area (Å²) in [4.78, 5) is 0. The van der Waals surface area contributed by atoms with Crippen LogP contribution < -0.4 is 0 Å². The third-order valence-corrected chi connectivity index (χ3v) is 1.66. The molecule has 0 saturated carbocycles. The Morgan fingerprint density at radius 3 is 3.18 bits per heavy atom. The highest BCUT2D eigenvalue weighted by atomic mass is 16.3. The number of allylic oxidation sites excluding steroid dienone is 1. The Hall–Kier alpha value is -1.52. The second-order valence-electron chi connectivity index (χ2n) is 2.45. The van der Waals surface area contributed by atoms with E-state index in [4.69, 9.17) is 5.11 Å². The average Bonchev–Trinajstić information content (AvgIpc) is 2.33. The molecule has 58 valence electrons. The molecule has 0 fully saturated rings. The van der Waals surface area contributed by atoms with Gasteiger partial charge in [-0.15, -0.1) is 0 Å². The summed E-state index contributed by atoms with van der Waals surface area (Å²) in [7, 11) is 1.80. The first-order valence-corrected chi connectivity index (χ1v) is 3.29. The van der Waals surface area contributed by atoms with Gasteiger partial charge in [-0.1, -0.05) is 5.22 Å². The Labute approximate surface area is 63.9 Å². The van der Waals surface area contributed by atoms with Gasteiger partial charge < -0.3 is 5.11 Å². The van der Waals surface area contributed by atoms with E-state index in [0.717, 1.165) is 0 Å². The number of rotatable bonds is 0. The van der Waals surface area contributed by atoms with Crippen molar-refractivity contribution in [2.75, 3.05) is 7.05 Å². The number of likely N-dealkylation sites (N-methyl/N-ethyl adjacent to an activating group) is 1. The summed E-state index contributed by atoms with van der Waals surface area (Å²) in [5.74, 6) is 0.255. The molecule has 1 unspecified atom stereocenters. The Morgan fingerprint density at radius 1 is 1.55 bits per heavy atom. The minimum absolute atomic E-state index is 0.0556. The van der Waals surface area contributed by atoms with Crippen LogP contribution in [0.3, 0.4) is 0 Å². The van der Waals surface area contributed by atoms with Crippen LogP contribution in [0.25, 0.3) is 0 Å². The van der Waals surface area contributed by atoms with Crippen LogP contribution in [0.4, 0.5) is 0 Å². The zero-order chi connectivity index (χ0) is 7.84. The summed E-state index contributed by atoms with van der Waals surface area (Å²) >= 11 is 0. The van der Waals surface area contributed by atoms with E-state index >= 15 is 0 Å². The molecule has 0 aromatic heterocycles. The van der Waals surface area contributed by atoms with Crippen LogP contribution >= 0.6 is 0 Å². The fourth-order valence-corrected chi connectivity index (χ4v) is 1.05. The van der Waals surface area contributed by atoms with Gasteiger partial charge in [-0.05, 0) is 11.3 Å². The SMILES string of the molecule is CN1N=NN2C=CC(O)=CC12. The fraction of sp³-hybridized carbons (Fsp3) is 0.333. The number of hydrogen-bond donors (Lipinski definition) is 1. The minimum atomic E-state index is -0.0556. The van der Waals surface area contributed by atoms with E-state index in [1.165, 1.54) is 0 Å². The molecule has 5 nitrogen and oxygen atoms in total. The topological polar surface area (TPSA) is 51.4 Å².